The number of amides is 1. The van der Waals surface area contributed by atoms with Crippen LogP contribution in [0.3, 0.4) is 0 Å². The van der Waals surface area contributed by atoms with Gasteiger partial charge in [0, 0.05) is 7.05 Å². The Hall–Kier alpha value is -0.570. The van der Waals surface area contributed by atoms with E-state index in [1.807, 2.05) is 0 Å². The summed E-state index contributed by atoms with van der Waals surface area (Å²) in [6, 6.07) is 0. The molecule has 14 heavy (non-hydrogen) atoms. The van der Waals surface area contributed by atoms with E-state index in [4.69, 9.17) is 0 Å². The van der Waals surface area contributed by atoms with Gasteiger partial charge in [-0.2, -0.15) is 0 Å². The zero-order valence-corrected chi connectivity index (χ0v) is 9.13. The summed E-state index contributed by atoms with van der Waals surface area (Å²) in [4.78, 5) is 11.9. The Morgan fingerprint density at radius 1 is 1.50 bits per heavy atom. The van der Waals surface area contributed by atoms with Crippen molar-refractivity contribution >= 4 is 5.91 Å². The van der Waals surface area contributed by atoms with Crippen molar-refractivity contribution in [1.82, 2.24) is 5.32 Å². The lowest BCUT2D eigenvalue weighted by Crippen LogP contribution is -2.50. The Balaban J connectivity index is 2.44. The third-order valence-electron chi connectivity index (χ3n) is 4.77. The van der Waals surface area contributed by atoms with Gasteiger partial charge in [-0.05, 0) is 30.6 Å². The second-order valence-corrected chi connectivity index (χ2v) is 5.26. The molecule has 2 aliphatic carbocycles. The molecule has 2 N–H and O–H groups in total. The molecule has 2 bridgehead atoms. The molecule has 0 aliphatic heterocycles. The number of carbonyl (C=O) groups is 1. The first-order chi connectivity index (χ1) is 6.46. The molecule has 0 unspecified atom stereocenters. The van der Waals surface area contributed by atoms with Crippen molar-refractivity contribution in [3.8, 4) is 0 Å². The van der Waals surface area contributed by atoms with Crippen LogP contribution in [0.25, 0.3) is 0 Å². The lowest BCUT2D eigenvalue weighted by molar-refractivity contribution is -0.142. The van der Waals surface area contributed by atoms with Crippen molar-refractivity contribution in [3.63, 3.8) is 0 Å². The van der Waals surface area contributed by atoms with Gasteiger partial charge >= 0.3 is 0 Å². The molecule has 0 aromatic rings. The molecule has 0 heterocycles. The lowest BCUT2D eigenvalue weighted by Gasteiger charge is -2.38. The van der Waals surface area contributed by atoms with Gasteiger partial charge in [0.25, 0.3) is 0 Å². The molecular weight excluding hydrogens is 178 g/mol. The molecule has 0 saturated heterocycles. The van der Waals surface area contributed by atoms with Crippen LogP contribution in [0.5, 0.6) is 0 Å². The van der Waals surface area contributed by atoms with Gasteiger partial charge in [-0.25, -0.2) is 0 Å². The molecule has 3 nitrogen and oxygen atoms in total. The second kappa shape index (κ2) is 2.72. The topological polar surface area (TPSA) is 49.3 Å². The number of rotatable bonds is 1. The van der Waals surface area contributed by atoms with Gasteiger partial charge in [-0.3, -0.25) is 4.79 Å². The summed E-state index contributed by atoms with van der Waals surface area (Å²) >= 11 is 0. The largest absolute Gasteiger partial charge is 0.392 e. The van der Waals surface area contributed by atoms with Crippen LogP contribution in [0, 0.1) is 16.7 Å². The molecule has 0 spiro atoms. The van der Waals surface area contributed by atoms with Crippen LogP contribution in [-0.4, -0.2) is 24.2 Å². The number of aliphatic hydroxyl groups excluding tert-OH is 1. The molecular formula is C11H19NO2. The van der Waals surface area contributed by atoms with Gasteiger partial charge in [0.1, 0.15) is 0 Å². The number of fused-ring (bicyclic) bond motifs is 2. The van der Waals surface area contributed by atoms with E-state index in [1.165, 1.54) is 0 Å². The molecule has 0 aromatic carbocycles. The lowest BCUT2D eigenvalue weighted by atomic mass is 9.67. The van der Waals surface area contributed by atoms with Gasteiger partial charge in [-0.15, -0.1) is 0 Å². The number of hydrogen-bond donors (Lipinski definition) is 2. The highest BCUT2D eigenvalue weighted by Crippen LogP contribution is 2.65. The van der Waals surface area contributed by atoms with Crippen LogP contribution in [0.15, 0.2) is 0 Å². The highest BCUT2D eigenvalue weighted by Gasteiger charge is 2.67. The Morgan fingerprint density at radius 3 is 2.50 bits per heavy atom. The smallest absolute Gasteiger partial charge is 0.229 e. The van der Waals surface area contributed by atoms with E-state index in [0.717, 1.165) is 19.3 Å². The van der Waals surface area contributed by atoms with Crippen molar-refractivity contribution in [2.45, 2.75) is 39.2 Å². The molecule has 80 valence electrons. The van der Waals surface area contributed by atoms with Crippen molar-refractivity contribution in [2.75, 3.05) is 7.05 Å². The average Bonchev–Trinajstić information content (AvgIpc) is 2.49. The minimum absolute atomic E-state index is 0.0231. The number of hydrogen-bond acceptors (Lipinski definition) is 2. The fourth-order valence-electron chi connectivity index (χ4n) is 3.71. The predicted molar refractivity (Wildman–Crippen MR) is 53.6 cm³/mol. The second-order valence-electron chi connectivity index (χ2n) is 5.26. The maximum atomic E-state index is 11.9. The SMILES string of the molecule is CNC(=O)[C@@]12CC[C@@H](C[C@@H]1O)C2(C)C. The Morgan fingerprint density at radius 2 is 2.14 bits per heavy atom. The van der Waals surface area contributed by atoms with E-state index in [0.29, 0.717) is 5.92 Å². The quantitative estimate of drug-likeness (QED) is 0.656. The van der Waals surface area contributed by atoms with Crippen LogP contribution < -0.4 is 5.32 Å². The summed E-state index contributed by atoms with van der Waals surface area (Å²) in [6.07, 6.45) is 2.26. The highest BCUT2D eigenvalue weighted by atomic mass is 16.3. The van der Waals surface area contributed by atoms with Crippen LogP contribution in [0.2, 0.25) is 0 Å². The number of aliphatic hydroxyl groups is 1. The summed E-state index contributed by atoms with van der Waals surface area (Å²) in [5.41, 5.74) is -0.571. The maximum Gasteiger partial charge on any atom is 0.229 e. The molecule has 2 rings (SSSR count). The molecule has 2 fully saturated rings. The van der Waals surface area contributed by atoms with Crippen LogP contribution in [0.1, 0.15) is 33.1 Å². The Kier molecular flexibility index (Phi) is 1.94. The molecule has 2 saturated carbocycles. The first-order valence-corrected chi connectivity index (χ1v) is 5.37. The standard InChI is InChI=1S/C11H19NO2/c1-10(2)7-4-5-11(10,8(13)6-7)9(14)12-3/h7-8,13H,4-6H2,1-3H3,(H,12,14)/t7-,8-,11+/m0/s1. The monoisotopic (exact) mass is 197 g/mol. The van der Waals surface area contributed by atoms with Crippen LogP contribution in [0.4, 0.5) is 0 Å². The Bertz CT molecular complexity index is 274. The third-order valence-corrected chi connectivity index (χ3v) is 4.77. The van der Waals surface area contributed by atoms with Gasteiger partial charge in [0.05, 0.1) is 11.5 Å². The first kappa shape index (κ1) is 9.97. The minimum Gasteiger partial charge on any atom is -0.392 e. The summed E-state index contributed by atoms with van der Waals surface area (Å²) in [5.74, 6) is 0.532. The number of nitrogens with one attached hydrogen (secondary N) is 1. The molecule has 0 radical (unpaired) electrons. The fourth-order valence-corrected chi connectivity index (χ4v) is 3.71. The van der Waals surface area contributed by atoms with Crippen LogP contribution in [-0.2, 0) is 4.79 Å². The normalized spacial score (nSPS) is 44.0. The predicted octanol–water partition coefficient (Wildman–Crippen LogP) is 0.920. The third kappa shape index (κ3) is 0.842. The van der Waals surface area contributed by atoms with Crippen molar-refractivity contribution in [3.05, 3.63) is 0 Å². The highest BCUT2D eigenvalue weighted by molar-refractivity contribution is 5.85. The van der Waals surface area contributed by atoms with Crippen molar-refractivity contribution in [1.29, 1.82) is 0 Å². The van der Waals surface area contributed by atoms with E-state index in [2.05, 4.69) is 19.2 Å². The molecule has 2 aliphatic rings. The minimum atomic E-state index is -0.521. The van der Waals surface area contributed by atoms with Gasteiger partial charge in [-0.1, -0.05) is 13.8 Å². The molecule has 0 aromatic heterocycles. The molecule has 3 atom stereocenters. The van der Waals surface area contributed by atoms with Crippen molar-refractivity contribution in [2.24, 2.45) is 16.7 Å². The maximum absolute atomic E-state index is 11.9. The van der Waals surface area contributed by atoms with Gasteiger partial charge < -0.3 is 10.4 Å². The van der Waals surface area contributed by atoms with Gasteiger partial charge in [0.15, 0.2) is 0 Å². The summed E-state index contributed by atoms with van der Waals surface area (Å²) < 4.78 is 0. The molecule has 3 heteroatoms. The number of carbonyl (C=O) groups excluding carboxylic acids is 1. The van der Waals surface area contributed by atoms with Crippen molar-refractivity contribution < 1.29 is 9.90 Å². The molecule has 1 amide bonds. The first-order valence-electron chi connectivity index (χ1n) is 5.37. The van der Waals surface area contributed by atoms with E-state index < -0.39 is 11.5 Å². The summed E-state index contributed by atoms with van der Waals surface area (Å²) in [6.45, 7) is 4.24. The summed E-state index contributed by atoms with van der Waals surface area (Å²) in [7, 11) is 1.66. The van der Waals surface area contributed by atoms with E-state index in [1.54, 1.807) is 7.05 Å². The van der Waals surface area contributed by atoms with E-state index in [9.17, 15) is 9.90 Å². The van der Waals surface area contributed by atoms with Crippen LogP contribution >= 0.6 is 0 Å². The zero-order chi connectivity index (χ0) is 10.6. The van der Waals surface area contributed by atoms with E-state index >= 15 is 0 Å². The van der Waals surface area contributed by atoms with E-state index in [-0.39, 0.29) is 11.3 Å². The summed E-state index contributed by atoms with van der Waals surface area (Å²) in [5, 5.41) is 12.8. The zero-order valence-electron chi connectivity index (χ0n) is 9.13. The average molecular weight is 197 g/mol. The van der Waals surface area contributed by atoms with Gasteiger partial charge in [0.2, 0.25) is 5.91 Å². The fraction of sp³-hybridized carbons (Fsp3) is 0.909. The Labute approximate surface area is 84.9 Å².